The van der Waals surface area contributed by atoms with Crippen LogP contribution in [-0.4, -0.2) is 43.3 Å². The number of anilines is 1. The fourth-order valence-electron chi connectivity index (χ4n) is 2.51. The molecule has 3 N–H and O–H groups in total. The molecule has 26 heavy (non-hydrogen) atoms. The highest BCUT2D eigenvalue weighted by molar-refractivity contribution is 5.76. The van der Waals surface area contributed by atoms with E-state index in [1.165, 1.54) is 16.2 Å². The molecule has 0 spiro atoms. The monoisotopic (exact) mass is 359 g/mol. The lowest BCUT2D eigenvalue weighted by Gasteiger charge is -2.10. The SMILES string of the molecule is Cn1c(=O)[nH]c(=O)c2c1nc(NCC(=O)O)n2CCOc1ccccc1. The number of rotatable bonds is 7. The number of imidazole rings is 1. The Kier molecular flexibility index (Phi) is 4.74. The van der Waals surface area contributed by atoms with Gasteiger partial charge in [0.15, 0.2) is 11.2 Å². The van der Waals surface area contributed by atoms with Gasteiger partial charge in [-0.05, 0) is 12.1 Å². The third kappa shape index (κ3) is 3.43. The van der Waals surface area contributed by atoms with E-state index in [1.54, 1.807) is 12.1 Å². The number of benzene rings is 1. The van der Waals surface area contributed by atoms with Crippen LogP contribution in [0.25, 0.3) is 11.2 Å². The summed E-state index contributed by atoms with van der Waals surface area (Å²) in [7, 11) is 1.47. The minimum absolute atomic E-state index is 0.159. The number of ether oxygens (including phenoxy) is 1. The third-order valence-corrected chi connectivity index (χ3v) is 3.73. The highest BCUT2D eigenvalue weighted by atomic mass is 16.5. The minimum atomic E-state index is -1.08. The Bertz CT molecular complexity index is 1050. The molecule has 3 aromatic rings. The maximum absolute atomic E-state index is 12.2. The highest BCUT2D eigenvalue weighted by Gasteiger charge is 2.17. The van der Waals surface area contributed by atoms with Gasteiger partial charge in [0.25, 0.3) is 5.56 Å². The van der Waals surface area contributed by atoms with Crippen LogP contribution in [0.5, 0.6) is 5.75 Å². The molecule has 0 aliphatic heterocycles. The number of hydrogen-bond acceptors (Lipinski definition) is 6. The number of aromatic amines is 1. The van der Waals surface area contributed by atoms with Crippen LogP contribution in [0.4, 0.5) is 5.95 Å². The first-order valence-corrected chi connectivity index (χ1v) is 7.80. The van der Waals surface area contributed by atoms with Gasteiger partial charge in [-0.15, -0.1) is 0 Å². The molecule has 2 heterocycles. The molecule has 0 unspecified atom stereocenters. The smallest absolute Gasteiger partial charge is 0.329 e. The molecule has 0 saturated carbocycles. The number of carboxylic acids is 1. The second-order valence-electron chi connectivity index (χ2n) is 5.49. The van der Waals surface area contributed by atoms with Gasteiger partial charge in [-0.25, -0.2) is 4.79 Å². The van der Waals surface area contributed by atoms with Crippen LogP contribution in [-0.2, 0) is 18.4 Å². The van der Waals surface area contributed by atoms with Crippen molar-refractivity contribution in [2.45, 2.75) is 6.54 Å². The molecule has 1 aromatic carbocycles. The van der Waals surface area contributed by atoms with Gasteiger partial charge in [0, 0.05) is 7.05 Å². The molecule has 136 valence electrons. The number of hydrogen-bond donors (Lipinski definition) is 3. The Balaban J connectivity index is 1.96. The van der Waals surface area contributed by atoms with Crippen molar-refractivity contribution in [1.29, 1.82) is 0 Å². The highest BCUT2D eigenvalue weighted by Crippen LogP contribution is 2.16. The van der Waals surface area contributed by atoms with Gasteiger partial charge in [0.1, 0.15) is 18.9 Å². The van der Waals surface area contributed by atoms with Gasteiger partial charge in [-0.1, -0.05) is 18.2 Å². The quantitative estimate of drug-likeness (QED) is 0.541. The van der Waals surface area contributed by atoms with Crippen molar-refractivity contribution in [3.8, 4) is 5.75 Å². The van der Waals surface area contributed by atoms with E-state index in [1.807, 2.05) is 18.2 Å². The van der Waals surface area contributed by atoms with Crippen LogP contribution < -0.4 is 21.3 Å². The second-order valence-corrected chi connectivity index (χ2v) is 5.49. The first-order valence-electron chi connectivity index (χ1n) is 7.80. The standard InChI is InChI=1S/C16H17N5O5/c1-20-13-12(14(24)19-16(20)25)21(15(18-13)17-9-11(22)23)7-8-26-10-5-3-2-4-6-10/h2-6H,7-9H2,1H3,(H,17,18)(H,22,23)(H,19,24,25). The minimum Gasteiger partial charge on any atom is -0.492 e. The summed E-state index contributed by atoms with van der Waals surface area (Å²) >= 11 is 0. The van der Waals surface area contributed by atoms with Crippen molar-refractivity contribution < 1.29 is 14.6 Å². The van der Waals surface area contributed by atoms with Crippen LogP contribution in [0.2, 0.25) is 0 Å². The Labute approximate surface area is 146 Å². The molecule has 3 rings (SSSR count). The van der Waals surface area contributed by atoms with Gasteiger partial charge in [0.2, 0.25) is 5.95 Å². The maximum Gasteiger partial charge on any atom is 0.329 e. The number of aromatic nitrogens is 4. The molecule has 2 aromatic heterocycles. The lowest BCUT2D eigenvalue weighted by Crippen LogP contribution is -2.29. The van der Waals surface area contributed by atoms with Crippen LogP contribution in [0.3, 0.4) is 0 Å². The largest absolute Gasteiger partial charge is 0.492 e. The molecule has 10 heteroatoms. The summed E-state index contributed by atoms with van der Waals surface area (Å²) in [6.07, 6.45) is 0. The second kappa shape index (κ2) is 7.13. The fraction of sp³-hybridized carbons (Fsp3) is 0.250. The number of fused-ring (bicyclic) bond motifs is 1. The van der Waals surface area contributed by atoms with E-state index in [-0.39, 0.29) is 36.8 Å². The number of nitrogens with zero attached hydrogens (tertiary/aromatic N) is 3. The first kappa shape index (κ1) is 17.3. The molecule has 0 atom stereocenters. The fourth-order valence-corrected chi connectivity index (χ4v) is 2.51. The summed E-state index contributed by atoms with van der Waals surface area (Å²) in [5.41, 5.74) is -0.876. The van der Waals surface area contributed by atoms with E-state index < -0.39 is 17.2 Å². The Morgan fingerprint density at radius 2 is 2.04 bits per heavy atom. The van der Waals surface area contributed by atoms with Gasteiger partial charge >= 0.3 is 11.7 Å². The summed E-state index contributed by atoms with van der Waals surface area (Å²) in [4.78, 5) is 41.3. The summed E-state index contributed by atoms with van der Waals surface area (Å²) in [5, 5.41) is 11.5. The molecule has 0 aliphatic rings. The van der Waals surface area contributed by atoms with E-state index in [9.17, 15) is 14.4 Å². The average Bonchev–Trinajstić information content (AvgIpc) is 2.98. The summed E-state index contributed by atoms with van der Waals surface area (Å²) in [5.74, 6) is -0.240. The maximum atomic E-state index is 12.2. The number of nitrogens with one attached hydrogen (secondary N) is 2. The van der Waals surface area contributed by atoms with Crippen molar-refractivity contribution >= 4 is 23.1 Å². The molecule has 0 aliphatic carbocycles. The van der Waals surface area contributed by atoms with E-state index in [2.05, 4.69) is 15.3 Å². The van der Waals surface area contributed by atoms with Crippen LogP contribution in [0, 0.1) is 0 Å². The predicted molar refractivity (Wildman–Crippen MR) is 93.7 cm³/mol. The average molecular weight is 359 g/mol. The van der Waals surface area contributed by atoms with E-state index >= 15 is 0 Å². The Morgan fingerprint density at radius 1 is 1.31 bits per heavy atom. The Hall–Kier alpha value is -3.56. The lowest BCUT2D eigenvalue weighted by atomic mass is 10.3. The topological polar surface area (TPSA) is 131 Å². The zero-order valence-corrected chi connectivity index (χ0v) is 13.9. The molecule has 0 bridgehead atoms. The molecular formula is C16H17N5O5. The van der Waals surface area contributed by atoms with Crippen LogP contribution >= 0.6 is 0 Å². The number of para-hydroxylation sites is 1. The zero-order chi connectivity index (χ0) is 18.7. The summed E-state index contributed by atoms with van der Waals surface area (Å²) < 4.78 is 8.32. The van der Waals surface area contributed by atoms with E-state index in [0.717, 1.165) is 0 Å². The van der Waals surface area contributed by atoms with Crippen LogP contribution in [0.1, 0.15) is 0 Å². The zero-order valence-electron chi connectivity index (χ0n) is 13.9. The van der Waals surface area contributed by atoms with Gasteiger partial charge in [-0.2, -0.15) is 4.98 Å². The van der Waals surface area contributed by atoms with Gasteiger partial charge in [-0.3, -0.25) is 19.1 Å². The summed E-state index contributed by atoms with van der Waals surface area (Å²) in [6.45, 7) is 0.0723. The molecule has 0 radical (unpaired) electrons. The number of carbonyl (C=O) groups is 1. The van der Waals surface area contributed by atoms with Gasteiger partial charge in [0.05, 0.1) is 6.54 Å². The van der Waals surface area contributed by atoms with Crippen molar-refractivity contribution in [3.63, 3.8) is 0 Å². The van der Waals surface area contributed by atoms with Crippen molar-refractivity contribution in [2.75, 3.05) is 18.5 Å². The van der Waals surface area contributed by atoms with Crippen molar-refractivity contribution in [3.05, 3.63) is 51.2 Å². The number of H-pyrrole nitrogens is 1. The first-order chi connectivity index (χ1) is 12.5. The molecular weight excluding hydrogens is 342 g/mol. The van der Waals surface area contributed by atoms with Crippen molar-refractivity contribution in [1.82, 2.24) is 19.1 Å². The lowest BCUT2D eigenvalue weighted by molar-refractivity contribution is -0.134. The molecule has 0 saturated heterocycles. The molecule has 0 amide bonds. The third-order valence-electron chi connectivity index (χ3n) is 3.73. The van der Waals surface area contributed by atoms with Crippen molar-refractivity contribution in [2.24, 2.45) is 7.05 Å². The summed E-state index contributed by atoms with van der Waals surface area (Å²) in [6, 6.07) is 9.13. The normalized spacial score (nSPS) is 10.8. The van der Waals surface area contributed by atoms with E-state index in [4.69, 9.17) is 9.84 Å². The van der Waals surface area contributed by atoms with E-state index in [0.29, 0.717) is 5.75 Å². The van der Waals surface area contributed by atoms with Crippen LogP contribution in [0.15, 0.2) is 39.9 Å². The Morgan fingerprint density at radius 3 is 2.73 bits per heavy atom. The predicted octanol–water partition coefficient (Wildman–Crippen LogP) is -0.00120. The number of aryl methyl sites for hydroxylation is 1. The van der Waals surface area contributed by atoms with Gasteiger partial charge < -0.3 is 19.7 Å². The molecule has 0 fully saturated rings. The molecule has 10 nitrogen and oxygen atoms in total. The number of aliphatic carboxylic acids is 1. The number of carboxylic acid groups (broad SMARTS) is 1.